The fraction of sp³-hybridized carbons (Fsp3) is 0.308. The third-order valence-corrected chi connectivity index (χ3v) is 2.30. The Morgan fingerprint density at radius 2 is 2.13 bits per heavy atom. The van der Waals surface area contributed by atoms with Gasteiger partial charge in [0.15, 0.2) is 0 Å². The molecule has 0 unspecified atom stereocenters. The van der Waals surface area contributed by atoms with Crippen molar-refractivity contribution in [2.24, 2.45) is 0 Å². The molecule has 2 heteroatoms. The van der Waals surface area contributed by atoms with Crippen LogP contribution in [0, 0.1) is 11.8 Å². The Kier molecular flexibility index (Phi) is 5.14. The van der Waals surface area contributed by atoms with Crippen molar-refractivity contribution in [3.05, 3.63) is 35.4 Å². The molecule has 78 valence electrons. The van der Waals surface area contributed by atoms with Crippen LogP contribution >= 0.6 is 15.9 Å². The number of ketones is 1. The maximum absolute atomic E-state index is 11.0. The van der Waals surface area contributed by atoms with Crippen LogP contribution in [0.2, 0.25) is 0 Å². The number of carbonyl (C=O) groups is 1. The lowest BCUT2D eigenvalue weighted by Gasteiger charge is -2.00. The minimum absolute atomic E-state index is 0.171. The molecule has 0 aliphatic rings. The summed E-state index contributed by atoms with van der Waals surface area (Å²) in [5.74, 6) is 6.32. The zero-order chi connectivity index (χ0) is 11.1. The molecule has 0 aromatic heterocycles. The van der Waals surface area contributed by atoms with Crippen molar-refractivity contribution in [2.75, 3.05) is 5.33 Å². The number of hydrogen-bond acceptors (Lipinski definition) is 1. The van der Waals surface area contributed by atoms with Gasteiger partial charge in [0.1, 0.15) is 5.78 Å². The van der Waals surface area contributed by atoms with Crippen LogP contribution in [-0.2, 0) is 11.2 Å². The maximum Gasteiger partial charge on any atom is 0.134 e. The Labute approximate surface area is 99.0 Å². The number of Topliss-reactive ketones (excluding diaryl/α,β-unsaturated/α-hetero) is 1. The minimum atomic E-state index is 0.171. The maximum atomic E-state index is 11.0. The molecular weight excluding hydrogens is 252 g/mol. The molecule has 0 atom stereocenters. The predicted molar refractivity (Wildman–Crippen MR) is 66.1 cm³/mol. The van der Waals surface area contributed by atoms with Gasteiger partial charge in [-0.1, -0.05) is 46.0 Å². The molecule has 1 aromatic rings. The monoisotopic (exact) mass is 264 g/mol. The van der Waals surface area contributed by atoms with Gasteiger partial charge in [-0.3, -0.25) is 4.79 Å². The van der Waals surface area contributed by atoms with Gasteiger partial charge in [-0.25, -0.2) is 0 Å². The van der Waals surface area contributed by atoms with Crippen LogP contribution < -0.4 is 0 Å². The van der Waals surface area contributed by atoms with E-state index in [4.69, 9.17) is 0 Å². The van der Waals surface area contributed by atoms with E-state index in [1.807, 2.05) is 24.3 Å². The van der Waals surface area contributed by atoms with E-state index < -0.39 is 0 Å². The van der Waals surface area contributed by atoms with Crippen molar-refractivity contribution in [1.82, 2.24) is 0 Å². The normalized spacial score (nSPS) is 9.20. The molecule has 1 nitrogen and oxygen atoms in total. The zero-order valence-electron chi connectivity index (χ0n) is 8.72. The van der Waals surface area contributed by atoms with Crippen LogP contribution in [0.15, 0.2) is 24.3 Å². The van der Waals surface area contributed by atoms with Crippen LogP contribution in [-0.4, -0.2) is 11.1 Å². The van der Waals surface area contributed by atoms with Gasteiger partial charge in [-0.2, -0.15) is 0 Å². The average Bonchev–Trinajstić information content (AvgIpc) is 2.20. The molecule has 0 saturated heterocycles. The molecule has 0 bridgehead atoms. The second kappa shape index (κ2) is 6.42. The van der Waals surface area contributed by atoms with Crippen LogP contribution in [0.5, 0.6) is 0 Å². The van der Waals surface area contributed by atoms with E-state index in [1.165, 1.54) is 0 Å². The third kappa shape index (κ3) is 4.31. The van der Waals surface area contributed by atoms with Crippen molar-refractivity contribution >= 4 is 21.7 Å². The summed E-state index contributed by atoms with van der Waals surface area (Å²) < 4.78 is 0. The van der Waals surface area contributed by atoms with E-state index in [-0.39, 0.29) is 5.78 Å². The summed E-state index contributed by atoms with van der Waals surface area (Å²) in [5, 5.41) is 0.884. The quantitative estimate of drug-likeness (QED) is 0.606. The molecule has 1 rings (SSSR count). The van der Waals surface area contributed by atoms with Crippen LogP contribution in [0.25, 0.3) is 0 Å². The van der Waals surface area contributed by atoms with Crippen LogP contribution in [0.4, 0.5) is 0 Å². The summed E-state index contributed by atoms with van der Waals surface area (Å²) in [4.78, 5) is 11.0. The molecule has 0 aliphatic heterocycles. The molecule has 0 heterocycles. The Morgan fingerprint density at radius 3 is 2.80 bits per heavy atom. The first-order chi connectivity index (χ1) is 7.24. The molecule has 0 radical (unpaired) electrons. The van der Waals surface area contributed by atoms with Crippen molar-refractivity contribution in [1.29, 1.82) is 0 Å². The summed E-state index contributed by atoms with van der Waals surface area (Å²) in [6.45, 7) is 1.60. The second-order valence-electron chi connectivity index (χ2n) is 3.28. The van der Waals surface area contributed by atoms with Gasteiger partial charge in [0.05, 0.1) is 0 Å². The van der Waals surface area contributed by atoms with E-state index in [0.29, 0.717) is 6.42 Å². The first-order valence-electron chi connectivity index (χ1n) is 4.86. The first kappa shape index (κ1) is 12.0. The van der Waals surface area contributed by atoms with Gasteiger partial charge in [-0.15, -0.1) is 0 Å². The fourth-order valence-electron chi connectivity index (χ4n) is 1.27. The molecule has 0 saturated carbocycles. The lowest BCUT2D eigenvalue weighted by molar-refractivity contribution is -0.116. The molecular formula is C13H13BrO. The van der Waals surface area contributed by atoms with Gasteiger partial charge in [0.25, 0.3) is 0 Å². The van der Waals surface area contributed by atoms with Crippen molar-refractivity contribution < 1.29 is 4.79 Å². The number of carbonyl (C=O) groups excluding carboxylic acids is 1. The van der Waals surface area contributed by atoms with Crippen molar-refractivity contribution in [3.63, 3.8) is 0 Å². The van der Waals surface area contributed by atoms with E-state index in [0.717, 1.165) is 22.9 Å². The first-order valence-corrected chi connectivity index (χ1v) is 5.98. The highest BCUT2D eigenvalue weighted by Crippen LogP contribution is 2.08. The Bertz CT molecular complexity index is 398. The second-order valence-corrected chi connectivity index (χ2v) is 4.07. The van der Waals surface area contributed by atoms with E-state index in [9.17, 15) is 4.79 Å². The van der Waals surface area contributed by atoms with Crippen molar-refractivity contribution in [2.45, 2.75) is 19.8 Å². The summed E-state index contributed by atoms with van der Waals surface area (Å²) >= 11 is 3.33. The number of halogens is 1. The van der Waals surface area contributed by atoms with E-state index in [1.54, 1.807) is 6.92 Å². The largest absolute Gasteiger partial charge is 0.300 e. The standard InChI is InChI=1S/C13H13BrO/c1-11(15)10-13-8-3-2-6-12(13)7-4-5-9-14/h2-3,6,8H,5,9-10H2,1H3. The van der Waals surface area contributed by atoms with Gasteiger partial charge in [-0.05, 0) is 18.6 Å². The summed E-state index contributed by atoms with van der Waals surface area (Å²) in [6, 6.07) is 7.80. The topological polar surface area (TPSA) is 17.1 Å². The molecule has 15 heavy (non-hydrogen) atoms. The minimum Gasteiger partial charge on any atom is -0.300 e. The summed E-state index contributed by atoms with van der Waals surface area (Å²) in [6.07, 6.45) is 1.30. The molecule has 1 aromatic carbocycles. The summed E-state index contributed by atoms with van der Waals surface area (Å²) in [5.41, 5.74) is 1.99. The highest BCUT2D eigenvalue weighted by atomic mass is 79.9. The SMILES string of the molecule is CC(=O)Cc1ccccc1C#CCCBr. The zero-order valence-corrected chi connectivity index (χ0v) is 10.3. The van der Waals surface area contributed by atoms with Crippen LogP contribution in [0.1, 0.15) is 24.5 Å². The fourth-order valence-corrected chi connectivity index (χ4v) is 1.47. The molecule has 0 spiro atoms. The van der Waals surface area contributed by atoms with Gasteiger partial charge >= 0.3 is 0 Å². The molecule has 0 aliphatic carbocycles. The highest BCUT2D eigenvalue weighted by molar-refractivity contribution is 9.09. The van der Waals surface area contributed by atoms with Gasteiger partial charge in [0, 0.05) is 23.7 Å². The molecule has 0 amide bonds. The average molecular weight is 265 g/mol. The lowest BCUT2D eigenvalue weighted by atomic mass is 10.0. The lowest BCUT2D eigenvalue weighted by Crippen LogP contribution is -1.98. The summed E-state index contributed by atoms with van der Waals surface area (Å²) in [7, 11) is 0. The Balaban J connectivity index is 2.87. The predicted octanol–water partition coefficient (Wildman–Crippen LogP) is 2.95. The van der Waals surface area contributed by atoms with Crippen molar-refractivity contribution in [3.8, 4) is 11.8 Å². The highest BCUT2D eigenvalue weighted by Gasteiger charge is 2.01. The van der Waals surface area contributed by atoms with E-state index >= 15 is 0 Å². The van der Waals surface area contributed by atoms with Gasteiger partial charge < -0.3 is 0 Å². The Morgan fingerprint density at radius 1 is 1.40 bits per heavy atom. The number of benzene rings is 1. The molecule has 0 N–H and O–H groups in total. The van der Waals surface area contributed by atoms with E-state index in [2.05, 4.69) is 27.8 Å². The van der Waals surface area contributed by atoms with Gasteiger partial charge in [0.2, 0.25) is 0 Å². The number of hydrogen-bond donors (Lipinski definition) is 0. The van der Waals surface area contributed by atoms with Crippen LogP contribution in [0.3, 0.4) is 0 Å². The number of alkyl halides is 1. The third-order valence-electron chi connectivity index (χ3n) is 1.90. The molecule has 0 fully saturated rings. The Hall–Kier alpha value is -1.07. The number of rotatable bonds is 3. The smallest absolute Gasteiger partial charge is 0.134 e.